The molecule has 0 radical (unpaired) electrons. The summed E-state index contributed by atoms with van der Waals surface area (Å²) in [4.78, 5) is 0. The van der Waals surface area contributed by atoms with E-state index in [1.54, 1.807) is 30.3 Å². The Kier molecular flexibility index (Phi) is 8.66. The minimum atomic E-state index is -0.796. The molecule has 0 amide bonds. The first-order valence-corrected chi connectivity index (χ1v) is 13.1. The molecule has 0 aromatic heterocycles. The first-order chi connectivity index (χ1) is 17.4. The highest BCUT2D eigenvalue weighted by Gasteiger charge is 2.26. The molecule has 0 atom stereocenters. The van der Waals surface area contributed by atoms with E-state index < -0.39 is 23.3 Å². The van der Waals surface area contributed by atoms with Crippen LogP contribution in [0.2, 0.25) is 0 Å². The molecule has 0 bridgehead atoms. The smallest absolute Gasteiger partial charge is 0.166 e. The van der Waals surface area contributed by atoms with Crippen LogP contribution in [-0.4, -0.2) is 0 Å². The number of aryl methyl sites for hydroxylation is 2. The Labute approximate surface area is 212 Å². The van der Waals surface area contributed by atoms with Crippen LogP contribution in [0.1, 0.15) is 80.5 Å². The number of halogens is 4. The quantitative estimate of drug-likeness (QED) is 0.273. The van der Waals surface area contributed by atoms with Crippen molar-refractivity contribution in [2.24, 2.45) is 5.92 Å². The van der Waals surface area contributed by atoms with Gasteiger partial charge >= 0.3 is 0 Å². The summed E-state index contributed by atoms with van der Waals surface area (Å²) in [5.74, 6) is -2.95. The van der Waals surface area contributed by atoms with E-state index in [0.717, 1.165) is 50.5 Å². The van der Waals surface area contributed by atoms with Gasteiger partial charge in [-0.25, -0.2) is 17.6 Å². The summed E-state index contributed by atoms with van der Waals surface area (Å²) < 4.78 is 58.9. The van der Waals surface area contributed by atoms with Gasteiger partial charge < -0.3 is 0 Å². The summed E-state index contributed by atoms with van der Waals surface area (Å²) in [7, 11) is 0. The number of allylic oxidation sites excluding steroid dienone is 1. The third-order valence-corrected chi connectivity index (χ3v) is 7.54. The highest BCUT2D eigenvalue weighted by molar-refractivity contribution is 5.65. The number of benzene rings is 3. The molecule has 0 N–H and O–H groups in total. The predicted molar refractivity (Wildman–Crippen MR) is 140 cm³/mol. The summed E-state index contributed by atoms with van der Waals surface area (Å²) in [6, 6.07) is 14.3. The Bertz CT molecular complexity index is 1200. The van der Waals surface area contributed by atoms with Crippen molar-refractivity contribution in [3.8, 4) is 11.1 Å². The fraction of sp³-hybridized carbons (Fsp3) is 0.375. The van der Waals surface area contributed by atoms with Crippen LogP contribution in [-0.2, 0) is 12.8 Å². The SMILES string of the molecule is CCCCc1ccc(C=CC2CCC(c3ccc(-c4ccc(CC)cc4)c(F)c3F)CC2)c(F)c1F. The molecule has 0 aliphatic heterocycles. The van der Waals surface area contributed by atoms with Crippen molar-refractivity contribution in [2.75, 3.05) is 0 Å². The van der Waals surface area contributed by atoms with E-state index >= 15 is 4.39 Å². The van der Waals surface area contributed by atoms with Gasteiger partial charge in [-0.3, -0.25) is 0 Å². The topological polar surface area (TPSA) is 0 Å². The third-order valence-electron chi connectivity index (χ3n) is 7.54. The van der Waals surface area contributed by atoms with Crippen LogP contribution in [0.15, 0.2) is 54.6 Å². The second-order valence-electron chi connectivity index (χ2n) is 9.90. The summed E-state index contributed by atoms with van der Waals surface area (Å²) >= 11 is 0. The highest BCUT2D eigenvalue weighted by atomic mass is 19.2. The van der Waals surface area contributed by atoms with E-state index in [9.17, 15) is 13.2 Å². The van der Waals surface area contributed by atoms with Crippen LogP contribution in [0.5, 0.6) is 0 Å². The third kappa shape index (κ3) is 5.74. The Morgan fingerprint density at radius 2 is 1.47 bits per heavy atom. The average Bonchev–Trinajstić information content (AvgIpc) is 2.91. The molecule has 0 nitrogen and oxygen atoms in total. The molecule has 1 saturated carbocycles. The molecule has 3 aromatic rings. The molecule has 1 fully saturated rings. The normalized spacial score (nSPS) is 18.2. The first kappa shape index (κ1) is 26.2. The van der Waals surface area contributed by atoms with E-state index in [2.05, 4.69) is 6.92 Å². The summed E-state index contributed by atoms with van der Waals surface area (Å²) in [6.07, 6.45) is 9.81. The number of unbranched alkanes of at least 4 members (excludes halogenated alkanes) is 1. The Morgan fingerprint density at radius 3 is 2.14 bits per heavy atom. The molecule has 0 heterocycles. The zero-order chi connectivity index (χ0) is 25.7. The molecule has 36 heavy (non-hydrogen) atoms. The first-order valence-electron chi connectivity index (χ1n) is 13.1. The van der Waals surface area contributed by atoms with Crippen LogP contribution in [0, 0.1) is 29.2 Å². The van der Waals surface area contributed by atoms with Gasteiger partial charge in [-0.15, -0.1) is 0 Å². The maximum atomic E-state index is 15.1. The van der Waals surface area contributed by atoms with Gasteiger partial charge in [0.25, 0.3) is 0 Å². The van der Waals surface area contributed by atoms with Gasteiger partial charge in [0.05, 0.1) is 0 Å². The largest absolute Gasteiger partial charge is 0.203 e. The Morgan fingerprint density at radius 1 is 0.750 bits per heavy atom. The zero-order valence-electron chi connectivity index (χ0n) is 21.1. The predicted octanol–water partition coefficient (Wildman–Crippen LogP) is 9.80. The van der Waals surface area contributed by atoms with Crippen molar-refractivity contribution in [3.05, 3.63) is 100 Å². The monoisotopic (exact) mass is 494 g/mol. The van der Waals surface area contributed by atoms with Crippen molar-refractivity contribution in [1.82, 2.24) is 0 Å². The molecule has 0 saturated heterocycles. The minimum Gasteiger partial charge on any atom is -0.203 e. The lowest BCUT2D eigenvalue weighted by Gasteiger charge is -2.27. The molecule has 190 valence electrons. The molecule has 0 unspecified atom stereocenters. The molecule has 4 heteroatoms. The lowest BCUT2D eigenvalue weighted by atomic mass is 9.78. The summed E-state index contributed by atoms with van der Waals surface area (Å²) in [6.45, 7) is 4.07. The summed E-state index contributed by atoms with van der Waals surface area (Å²) in [5.41, 5.74) is 3.21. The highest BCUT2D eigenvalue weighted by Crippen LogP contribution is 2.39. The molecular weight excluding hydrogens is 460 g/mol. The molecular formula is C32H34F4. The van der Waals surface area contributed by atoms with E-state index in [-0.39, 0.29) is 23.0 Å². The number of hydrogen-bond donors (Lipinski definition) is 0. The van der Waals surface area contributed by atoms with Crippen LogP contribution in [0.3, 0.4) is 0 Å². The van der Waals surface area contributed by atoms with Gasteiger partial charge in [0.2, 0.25) is 0 Å². The van der Waals surface area contributed by atoms with Gasteiger partial charge in [0, 0.05) is 11.1 Å². The fourth-order valence-corrected chi connectivity index (χ4v) is 5.18. The molecule has 1 aliphatic carbocycles. The Hall–Kier alpha value is -2.88. The van der Waals surface area contributed by atoms with Gasteiger partial charge in [-0.05, 0) is 79.0 Å². The average molecular weight is 495 g/mol. The minimum absolute atomic E-state index is 0.0484. The summed E-state index contributed by atoms with van der Waals surface area (Å²) in [5, 5.41) is 0. The van der Waals surface area contributed by atoms with Crippen molar-refractivity contribution < 1.29 is 17.6 Å². The maximum absolute atomic E-state index is 15.1. The standard InChI is InChI=1S/C32H34F4/c1-3-5-6-25-17-18-26(30(34)29(25)33)16-11-22-9-14-24(15-10-22)28-20-19-27(31(35)32(28)36)23-12-7-21(4-2)8-13-23/h7-8,11-13,16-20,22,24H,3-6,9-10,14-15H2,1-2H3. The van der Waals surface area contributed by atoms with E-state index in [0.29, 0.717) is 23.1 Å². The molecule has 4 rings (SSSR count). The van der Waals surface area contributed by atoms with Gasteiger partial charge in [0.1, 0.15) is 0 Å². The van der Waals surface area contributed by atoms with Crippen molar-refractivity contribution in [2.45, 2.75) is 71.1 Å². The number of rotatable bonds is 8. The van der Waals surface area contributed by atoms with Crippen LogP contribution >= 0.6 is 0 Å². The van der Waals surface area contributed by atoms with Gasteiger partial charge in [0.15, 0.2) is 23.3 Å². The van der Waals surface area contributed by atoms with E-state index in [4.69, 9.17) is 0 Å². The van der Waals surface area contributed by atoms with Crippen LogP contribution in [0.25, 0.3) is 17.2 Å². The van der Waals surface area contributed by atoms with Gasteiger partial charge in [-0.1, -0.05) is 81.0 Å². The molecule has 1 aliphatic rings. The second kappa shape index (κ2) is 11.9. The van der Waals surface area contributed by atoms with Crippen LogP contribution < -0.4 is 0 Å². The Balaban J connectivity index is 1.41. The fourth-order valence-electron chi connectivity index (χ4n) is 5.18. The van der Waals surface area contributed by atoms with Gasteiger partial charge in [-0.2, -0.15) is 0 Å². The van der Waals surface area contributed by atoms with E-state index in [1.807, 2.05) is 37.3 Å². The maximum Gasteiger partial charge on any atom is 0.166 e. The lowest BCUT2D eigenvalue weighted by Crippen LogP contribution is -2.13. The zero-order valence-corrected chi connectivity index (χ0v) is 21.1. The van der Waals surface area contributed by atoms with Crippen molar-refractivity contribution in [1.29, 1.82) is 0 Å². The molecule has 0 spiro atoms. The van der Waals surface area contributed by atoms with E-state index in [1.165, 1.54) is 0 Å². The second-order valence-corrected chi connectivity index (χ2v) is 9.90. The number of hydrogen-bond acceptors (Lipinski definition) is 0. The van der Waals surface area contributed by atoms with Crippen LogP contribution in [0.4, 0.5) is 17.6 Å². The lowest BCUT2D eigenvalue weighted by molar-refractivity contribution is 0.365. The van der Waals surface area contributed by atoms with Crippen molar-refractivity contribution >= 4 is 6.08 Å². The van der Waals surface area contributed by atoms with Crippen molar-refractivity contribution in [3.63, 3.8) is 0 Å². The molecule has 3 aromatic carbocycles.